The molecule has 1 saturated carbocycles. The lowest BCUT2D eigenvalue weighted by Gasteiger charge is -2.16. The lowest BCUT2D eigenvalue weighted by Crippen LogP contribution is -2.24. The average molecular weight is 286 g/mol. The van der Waals surface area contributed by atoms with Gasteiger partial charge >= 0.3 is 0 Å². The van der Waals surface area contributed by atoms with Crippen LogP contribution in [0.1, 0.15) is 12.0 Å². The van der Waals surface area contributed by atoms with E-state index in [0.717, 1.165) is 38.0 Å². The molecule has 0 aromatic heterocycles. The van der Waals surface area contributed by atoms with Crippen LogP contribution >= 0.6 is 23.2 Å². The van der Waals surface area contributed by atoms with Gasteiger partial charge in [-0.1, -0.05) is 29.3 Å². The summed E-state index contributed by atoms with van der Waals surface area (Å²) < 4.78 is 5.21. The zero-order valence-corrected chi connectivity index (χ0v) is 11.9. The molecule has 18 heavy (non-hydrogen) atoms. The van der Waals surface area contributed by atoms with Crippen molar-refractivity contribution in [2.24, 2.45) is 11.8 Å². The standard InChI is InChI=1S/C14H17Cl2NO/c1-18-5-4-10-11-7-17-8-14(10,11)9-2-3-12(15)13(16)6-9/h2-3,6,10-11,17H,4-5,7-8H2,1H3. The quantitative estimate of drug-likeness (QED) is 0.918. The Kier molecular flexibility index (Phi) is 3.31. The van der Waals surface area contributed by atoms with Gasteiger partial charge in [0.15, 0.2) is 0 Å². The van der Waals surface area contributed by atoms with Crippen LogP contribution in [-0.2, 0) is 10.2 Å². The summed E-state index contributed by atoms with van der Waals surface area (Å²) in [6, 6.07) is 6.08. The average Bonchev–Trinajstić information content (AvgIpc) is 2.77. The normalized spacial score (nSPS) is 33.5. The summed E-state index contributed by atoms with van der Waals surface area (Å²) in [4.78, 5) is 0. The molecule has 3 rings (SSSR count). The second-order valence-electron chi connectivity index (χ2n) is 5.29. The van der Waals surface area contributed by atoms with Gasteiger partial charge < -0.3 is 10.1 Å². The third-order valence-electron chi connectivity index (χ3n) is 4.57. The number of benzene rings is 1. The molecule has 1 N–H and O–H groups in total. The summed E-state index contributed by atoms with van der Waals surface area (Å²) in [5.41, 5.74) is 1.60. The molecule has 1 aliphatic carbocycles. The number of hydrogen-bond acceptors (Lipinski definition) is 2. The first kappa shape index (κ1) is 12.7. The van der Waals surface area contributed by atoms with Crippen LogP contribution in [0.4, 0.5) is 0 Å². The molecule has 0 spiro atoms. The lowest BCUT2D eigenvalue weighted by molar-refractivity contribution is 0.185. The maximum Gasteiger partial charge on any atom is 0.0595 e. The molecule has 2 nitrogen and oxygen atoms in total. The van der Waals surface area contributed by atoms with E-state index in [4.69, 9.17) is 27.9 Å². The Hall–Kier alpha value is -0.280. The van der Waals surface area contributed by atoms with Gasteiger partial charge in [0, 0.05) is 25.7 Å². The third-order valence-corrected chi connectivity index (χ3v) is 5.31. The first-order valence-electron chi connectivity index (χ1n) is 6.35. The maximum absolute atomic E-state index is 6.15. The molecule has 4 heteroatoms. The number of fused-ring (bicyclic) bond motifs is 1. The van der Waals surface area contributed by atoms with Crippen LogP contribution in [0.5, 0.6) is 0 Å². The molecule has 0 bridgehead atoms. The van der Waals surface area contributed by atoms with Gasteiger partial charge in [-0.3, -0.25) is 0 Å². The van der Waals surface area contributed by atoms with E-state index in [2.05, 4.69) is 11.4 Å². The van der Waals surface area contributed by atoms with Crippen molar-refractivity contribution in [3.63, 3.8) is 0 Å². The van der Waals surface area contributed by atoms with Crippen molar-refractivity contribution in [2.75, 3.05) is 26.8 Å². The van der Waals surface area contributed by atoms with Crippen LogP contribution in [0.3, 0.4) is 0 Å². The Morgan fingerprint density at radius 1 is 1.39 bits per heavy atom. The zero-order valence-electron chi connectivity index (χ0n) is 10.4. The van der Waals surface area contributed by atoms with Gasteiger partial charge in [0.2, 0.25) is 0 Å². The molecule has 1 aromatic rings. The Morgan fingerprint density at radius 2 is 2.22 bits per heavy atom. The minimum atomic E-state index is 0.271. The fourth-order valence-corrected chi connectivity index (χ4v) is 3.94. The van der Waals surface area contributed by atoms with Crippen LogP contribution in [0.2, 0.25) is 10.0 Å². The van der Waals surface area contributed by atoms with Gasteiger partial charge in [-0.25, -0.2) is 0 Å². The highest BCUT2D eigenvalue weighted by molar-refractivity contribution is 6.42. The van der Waals surface area contributed by atoms with Crippen molar-refractivity contribution in [2.45, 2.75) is 11.8 Å². The smallest absolute Gasteiger partial charge is 0.0595 e. The van der Waals surface area contributed by atoms with E-state index in [9.17, 15) is 0 Å². The SMILES string of the molecule is COCCC1C2CNCC12c1ccc(Cl)c(Cl)c1. The van der Waals surface area contributed by atoms with E-state index < -0.39 is 0 Å². The Labute approximate surface area is 118 Å². The molecule has 0 amide bonds. The summed E-state index contributed by atoms with van der Waals surface area (Å²) in [6.45, 7) is 2.99. The number of hydrogen-bond donors (Lipinski definition) is 1. The summed E-state index contributed by atoms with van der Waals surface area (Å²) in [5, 5.41) is 4.78. The van der Waals surface area contributed by atoms with Crippen molar-refractivity contribution >= 4 is 23.2 Å². The largest absolute Gasteiger partial charge is 0.385 e. The Morgan fingerprint density at radius 3 is 2.94 bits per heavy atom. The molecule has 1 aliphatic heterocycles. The molecular formula is C14H17Cl2NO. The number of nitrogens with one attached hydrogen (secondary N) is 1. The number of halogens is 2. The van der Waals surface area contributed by atoms with Crippen molar-refractivity contribution in [1.82, 2.24) is 5.32 Å². The molecular weight excluding hydrogens is 269 g/mol. The van der Waals surface area contributed by atoms with Crippen molar-refractivity contribution in [3.8, 4) is 0 Å². The number of ether oxygens (including phenoxy) is 1. The lowest BCUT2D eigenvalue weighted by atomic mass is 9.92. The van der Waals surface area contributed by atoms with Crippen molar-refractivity contribution in [3.05, 3.63) is 33.8 Å². The predicted molar refractivity (Wildman–Crippen MR) is 74.5 cm³/mol. The predicted octanol–water partition coefficient (Wildman–Crippen LogP) is 3.12. The number of methoxy groups -OCH3 is 1. The van der Waals surface area contributed by atoms with E-state index in [-0.39, 0.29) is 5.41 Å². The fraction of sp³-hybridized carbons (Fsp3) is 0.571. The molecule has 1 heterocycles. The monoisotopic (exact) mass is 285 g/mol. The molecule has 0 radical (unpaired) electrons. The number of rotatable bonds is 4. The van der Waals surface area contributed by atoms with Gasteiger partial charge in [0.1, 0.15) is 0 Å². The van der Waals surface area contributed by atoms with E-state index in [0.29, 0.717) is 10.0 Å². The van der Waals surface area contributed by atoms with E-state index in [1.165, 1.54) is 5.56 Å². The van der Waals surface area contributed by atoms with Crippen LogP contribution in [0.25, 0.3) is 0 Å². The minimum Gasteiger partial charge on any atom is -0.385 e. The van der Waals surface area contributed by atoms with E-state index in [1.54, 1.807) is 7.11 Å². The van der Waals surface area contributed by atoms with Crippen LogP contribution in [0, 0.1) is 11.8 Å². The van der Waals surface area contributed by atoms with Crippen molar-refractivity contribution in [1.29, 1.82) is 0 Å². The molecule has 1 aromatic carbocycles. The van der Waals surface area contributed by atoms with Crippen molar-refractivity contribution < 1.29 is 4.74 Å². The topological polar surface area (TPSA) is 21.3 Å². The highest BCUT2D eigenvalue weighted by Gasteiger charge is 2.66. The summed E-state index contributed by atoms with van der Waals surface area (Å²) >= 11 is 12.1. The van der Waals surface area contributed by atoms with Crippen LogP contribution in [-0.4, -0.2) is 26.8 Å². The van der Waals surface area contributed by atoms with Crippen LogP contribution in [0.15, 0.2) is 18.2 Å². The Balaban J connectivity index is 1.87. The van der Waals surface area contributed by atoms with Gasteiger partial charge in [-0.2, -0.15) is 0 Å². The van der Waals surface area contributed by atoms with E-state index in [1.807, 2.05) is 12.1 Å². The first-order valence-corrected chi connectivity index (χ1v) is 7.11. The fourth-order valence-electron chi connectivity index (χ4n) is 3.65. The maximum atomic E-state index is 6.15. The molecule has 3 unspecified atom stereocenters. The first-order chi connectivity index (χ1) is 8.70. The molecule has 1 saturated heterocycles. The minimum absolute atomic E-state index is 0.271. The van der Waals surface area contributed by atoms with Gasteiger partial charge in [-0.05, 0) is 42.5 Å². The second kappa shape index (κ2) is 4.68. The molecule has 98 valence electrons. The summed E-state index contributed by atoms with van der Waals surface area (Å²) in [7, 11) is 1.77. The van der Waals surface area contributed by atoms with E-state index >= 15 is 0 Å². The second-order valence-corrected chi connectivity index (χ2v) is 6.11. The van der Waals surface area contributed by atoms with Crippen LogP contribution < -0.4 is 5.32 Å². The highest BCUT2D eigenvalue weighted by Crippen LogP contribution is 2.63. The molecule has 2 aliphatic rings. The van der Waals surface area contributed by atoms with Gasteiger partial charge in [0.25, 0.3) is 0 Å². The Bertz CT molecular complexity index is 465. The zero-order chi connectivity index (χ0) is 12.8. The number of piperidine rings is 1. The summed E-state index contributed by atoms with van der Waals surface area (Å²) in [6.07, 6.45) is 1.13. The highest BCUT2D eigenvalue weighted by atomic mass is 35.5. The molecule has 3 atom stereocenters. The summed E-state index contributed by atoms with van der Waals surface area (Å²) in [5.74, 6) is 1.45. The van der Waals surface area contributed by atoms with Gasteiger partial charge in [0.05, 0.1) is 10.0 Å². The third kappa shape index (κ3) is 1.78. The van der Waals surface area contributed by atoms with Gasteiger partial charge in [-0.15, -0.1) is 0 Å². The molecule has 2 fully saturated rings.